The van der Waals surface area contributed by atoms with Gasteiger partial charge in [0.1, 0.15) is 0 Å². The molecule has 0 aliphatic carbocycles. The molecule has 0 fully saturated rings. The van der Waals surface area contributed by atoms with Crippen LogP contribution in [0.4, 0.5) is 0 Å². The molecule has 0 amide bonds. The van der Waals surface area contributed by atoms with Crippen LogP contribution in [0.5, 0.6) is 0 Å². The maximum absolute atomic E-state index is 10.8. The van der Waals surface area contributed by atoms with Gasteiger partial charge in [-0.3, -0.25) is 4.79 Å². The summed E-state index contributed by atoms with van der Waals surface area (Å²) in [5.41, 5.74) is 5.07. The van der Waals surface area contributed by atoms with E-state index in [0.29, 0.717) is 0 Å². The molecule has 2 heteroatoms. The van der Waals surface area contributed by atoms with Gasteiger partial charge in [0.05, 0.1) is 6.26 Å². The molecule has 19 heavy (non-hydrogen) atoms. The summed E-state index contributed by atoms with van der Waals surface area (Å²) in [5, 5.41) is 0. The Morgan fingerprint density at radius 2 is 1.89 bits per heavy atom. The second kappa shape index (κ2) is 6.05. The molecule has 0 aliphatic heterocycles. The predicted octanol–water partition coefficient (Wildman–Crippen LogP) is 4.30. The lowest BCUT2D eigenvalue weighted by atomic mass is 9.84. The van der Waals surface area contributed by atoms with Gasteiger partial charge < -0.3 is 4.74 Å². The molecule has 0 spiro atoms. The van der Waals surface area contributed by atoms with Crippen molar-refractivity contribution in [2.24, 2.45) is 0 Å². The monoisotopic (exact) mass is 260 g/mol. The number of esters is 1. The molecule has 0 heterocycles. The summed E-state index contributed by atoms with van der Waals surface area (Å²) in [6.07, 6.45) is 2.36. The third-order valence-electron chi connectivity index (χ3n) is 3.11. The zero-order valence-electron chi connectivity index (χ0n) is 12.8. The van der Waals surface area contributed by atoms with Crippen molar-refractivity contribution in [3.05, 3.63) is 46.7 Å². The predicted molar refractivity (Wildman–Crippen MR) is 79.1 cm³/mol. The van der Waals surface area contributed by atoms with E-state index in [4.69, 9.17) is 4.74 Å². The van der Waals surface area contributed by atoms with Gasteiger partial charge in [0.15, 0.2) is 0 Å². The van der Waals surface area contributed by atoms with Crippen LogP contribution >= 0.6 is 0 Å². The lowest BCUT2D eigenvalue weighted by Crippen LogP contribution is -2.11. The molecule has 0 radical (unpaired) electrons. The number of aryl methyl sites for hydroxylation is 1. The zero-order valence-corrected chi connectivity index (χ0v) is 12.8. The molecular weight excluding hydrogens is 236 g/mol. The maximum atomic E-state index is 10.8. The molecule has 0 saturated heterocycles. The molecule has 2 nitrogen and oxygen atoms in total. The Balaban J connectivity index is 2.94. The van der Waals surface area contributed by atoms with Crippen LogP contribution < -0.4 is 0 Å². The molecule has 0 saturated carbocycles. The van der Waals surface area contributed by atoms with E-state index in [-0.39, 0.29) is 11.4 Å². The molecule has 1 aromatic rings. The fourth-order valence-corrected chi connectivity index (χ4v) is 1.85. The highest BCUT2D eigenvalue weighted by Crippen LogP contribution is 2.25. The second-order valence-corrected chi connectivity index (χ2v) is 6.14. The SMILES string of the molecule is CC(=O)O/C=C(\C)Cc1cc(C(C)(C)C)ccc1C. The summed E-state index contributed by atoms with van der Waals surface area (Å²) in [7, 11) is 0. The number of allylic oxidation sites excluding steroid dienone is 1. The Labute approximate surface area is 116 Å². The molecule has 0 aliphatic rings. The number of hydrogen-bond donors (Lipinski definition) is 0. The summed E-state index contributed by atoms with van der Waals surface area (Å²) in [6, 6.07) is 6.60. The van der Waals surface area contributed by atoms with Crippen molar-refractivity contribution in [3.63, 3.8) is 0 Å². The highest BCUT2D eigenvalue weighted by Gasteiger charge is 2.14. The van der Waals surface area contributed by atoms with Crippen LogP contribution in [-0.4, -0.2) is 5.97 Å². The maximum Gasteiger partial charge on any atom is 0.307 e. The lowest BCUT2D eigenvalue weighted by Gasteiger charge is -2.21. The average molecular weight is 260 g/mol. The minimum atomic E-state index is -0.278. The van der Waals surface area contributed by atoms with Gasteiger partial charge in [0, 0.05) is 6.92 Å². The first-order valence-electron chi connectivity index (χ1n) is 6.63. The van der Waals surface area contributed by atoms with Crippen LogP contribution in [-0.2, 0) is 21.4 Å². The van der Waals surface area contributed by atoms with Crippen LogP contribution in [0.1, 0.15) is 51.3 Å². The number of rotatable bonds is 3. The van der Waals surface area contributed by atoms with E-state index >= 15 is 0 Å². The third kappa shape index (κ3) is 4.90. The first-order chi connectivity index (χ1) is 8.70. The third-order valence-corrected chi connectivity index (χ3v) is 3.11. The summed E-state index contributed by atoms with van der Waals surface area (Å²) in [6.45, 7) is 12.1. The lowest BCUT2D eigenvalue weighted by molar-refractivity contribution is -0.135. The van der Waals surface area contributed by atoms with Gasteiger partial charge in [-0.1, -0.05) is 39.0 Å². The molecule has 1 rings (SSSR count). The second-order valence-electron chi connectivity index (χ2n) is 6.14. The van der Waals surface area contributed by atoms with Crippen molar-refractivity contribution in [1.82, 2.24) is 0 Å². The van der Waals surface area contributed by atoms with Crippen molar-refractivity contribution < 1.29 is 9.53 Å². The molecule has 0 N–H and O–H groups in total. The number of carbonyl (C=O) groups is 1. The fraction of sp³-hybridized carbons (Fsp3) is 0.471. The molecule has 0 atom stereocenters. The molecule has 0 aromatic heterocycles. The summed E-state index contributed by atoms with van der Waals surface area (Å²) in [4.78, 5) is 10.8. The van der Waals surface area contributed by atoms with Crippen molar-refractivity contribution in [1.29, 1.82) is 0 Å². The van der Waals surface area contributed by atoms with E-state index in [1.165, 1.54) is 23.6 Å². The van der Waals surface area contributed by atoms with Crippen LogP contribution in [0.25, 0.3) is 0 Å². The largest absolute Gasteiger partial charge is 0.435 e. The number of ether oxygens (including phenoxy) is 1. The quantitative estimate of drug-likeness (QED) is 0.598. The standard InChI is InChI=1S/C17H24O2/c1-12(11-19-14(3)18)9-15-10-16(17(4,5)6)8-7-13(15)2/h7-8,10-11H,9H2,1-6H3/b12-11+. The van der Waals surface area contributed by atoms with Crippen molar-refractivity contribution >= 4 is 5.97 Å². The first-order valence-corrected chi connectivity index (χ1v) is 6.63. The van der Waals surface area contributed by atoms with Crippen LogP contribution in [0.3, 0.4) is 0 Å². The Kier molecular flexibility index (Phi) is 4.93. The van der Waals surface area contributed by atoms with Gasteiger partial charge >= 0.3 is 5.97 Å². The van der Waals surface area contributed by atoms with Crippen molar-refractivity contribution in [3.8, 4) is 0 Å². The minimum absolute atomic E-state index is 0.149. The topological polar surface area (TPSA) is 26.3 Å². The van der Waals surface area contributed by atoms with E-state index < -0.39 is 0 Å². The van der Waals surface area contributed by atoms with Crippen molar-refractivity contribution in [2.45, 2.75) is 53.4 Å². The van der Waals surface area contributed by atoms with Crippen LogP contribution in [0.15, 0.2) is 30.0 Å². The Hall–Kier alpha value is -1.57. The van der Waals surface area contributed by atoms with E-state index in [1.807, 2.05) is 6.92 Å². The summed E-state index contributed by atoms with van der Waals surface area (Å²) >= 11 is 0. The highest BCUT2D eigenvalue weighted by atomic mass is 16.5. The average Bonchev–Trinajstić information content (AvgIpc) is 2.28. The van der Waals surface area contributed by atoms with Gasteiger partial charge in [-0.2, -0.15) is 0 Å². The summed E-state index contributed by atoms with van der Waals surface area (Å²) < 4.78 is 4.91. The number of carbonyl (C=O) groups excluding carboxylic acids is 1. The van der Waals surface area contributed by atoms with Crippen molar-refractivity contribution in [2.75, 3.05) is 0 Å². The number of benzene rings is 1. The van der Waals surface area contributed by atoms with Gasteiger partial charge in [0.25, 0.3) is 0 Å². The Bertz CT molecular complexity index is 490. The smallest absolute Gasteiger partial charge is 0.307 e. The van der Waals surface area contributed by atoms with E-state index in [9.17, 15) is 4.79 Å². The Morgan fingerprint density at radius 1 is 1.26 bits per heavy atom. The van der Waals surface area contributed by atoms with Crippen LogP contribution in [0, 0.1) is 6.92 Å². The van der Waals surface area contributed by atoms with Gasteiger partial charge in [0.2, 0.25) is 0 Å². The molecule has 0 bridgehead atoms. The van der Waals surface area contributed by atoms with Crippen LogP contribution in [0.2, 0.25) is 0 Å². The Morgan fingerprint density at radius 3 is 2.42 bits per heavy atom. The van der Waals surface area contributed by atoms with E-state index in [0.717, 1.165) is 12.0 Å². The molecular formula is C17H24O2. The van der Waals surface area contributed by atoms with Gasteiger partial charge in [-0.25, -0.2) is 0 Å². The molecule has 104 valence electrons. The summed E-state index contributed by atoms with van der Waals surface area (Å²) in [5.74, 6) is -0.278. The fourth-order valence-electron chi connectivity index (χ4n) is 1.85. The zero-order chi connectivity index (χ0) is 14.6. The highest BCUT2D eigenvalue weighted by molar-refractivity contribution is 5.66. The van der Waals surface area contributed by atoms with E-state index in [2.05, 4.69) is 45.9 Å². The van der Waals surface area contributed by atoms with Gasteiger partial charge in [-0.05, 0) is 47.9 Å². The normalized spacial score (nSPS) is 12.4. The first kappa shape index (κ1) is 15.5. The molecule has 0 unspecified atom stereocenters. The van der Waals surface area contributed by atoms with Gasteiger partial charge in [-0.15, -0.1) is 0 Å². The van der Waals surface area contributed by atoms with E-state index in [1.54, 1.807) is 6.26 Å². The minimum Gasteiger partial charge on any atom is -0.435 e. The molecule has 1 aromatic carbocycles. The number of hydrogen-bond acceptors (Lipinski definition) is 2.